The second-order valence-corrected chi connectivity index (χ2v) is 11.4. The molecule has 0 radical (unpaired) electrons. The number of fused-ring (bicyclic) bond motifs is 1. The predicted octanol–water partition coefficient (Wildman–Crippen LogP) is 9.12. The molecule has 1 aliphatic rings. The molecule has 1 aliphatic heterocycles. The molecule has 1 heterocycles. The molecule has 0 aromatic heterocycles. The lowest BCUT2D eigenvalue weighted by atomic mass is 10.0. The molecule has 198 valence electrons. The average molecular weight is 643 g/mol. The Morgan fingerprint density at radius 2 is 1.69 bits per heavy atom. The van der Waals surface area contributed by atoms with Gasteiger partial charge in [-0.2, -0.15) is 0 Å². The number of thioether (sulfide) groups is 1. The molecule has 4 aromatic rings. The Morgan fingerprint density at radius 1 is 0.923 bits per heavy atom. The molecule has 0 bridgehead atoms. The van der Waals surface area contributed by atoms with Crippen molar-refractivity contribution in [3.05, 3.63) is 109 Å². The van der Waals surface area contributed by atoms with Gasteiger partial charge in [-0.05, 0) is 70.9 Å². The van der Waals surface area contributed by atoms with Gasteiger partial charge in [0, 0.05) is 20.1 Å². The Hall–Kier alpha value is -2.97. The van der Waals surface area contributed by atoms with E-state index in [4.69, 9.17) is 32.7 Å². The third kappa shape index (κ3) is 6.12. The number of benzene rings is 4. The molecule has 0 spiro atoms. The number of carbonyl (C=O) groups is 2. The molecule has 1 fully saturated rings. The number of rotatable bonds is 8. The van der Waals surface area contributed by atoms with Gasteiger partial charge in [0.05, 0.1) is 18.1 Å². The predicted molar refractivity (Wildman–Crippen MR) is 162 cm³/mol. The summed E-state index contributed by atoms with van der Waals surface area (Å²) in [6.07, 6.45) is 1.69. The van der Waals surface area contributed by atoms with E-state index in [1.165, 1.54) is 4.90 Å². The van der Waals surface area contributed by atoms with E-state index < -0.39 is 0 Å². The van der Waals surface area contributed by atoms with E-state index in [0.717, 1.165) is 33.7 Å². The first-order valence-corrected chi connectivity index (χ1v) is 14.5. The van der Waals surface area contributed by atoms with Crippen LogP contribution in [0.5, 0.6) is 11.5 Å². The highest BCUT2D eigenvalue weighted by molar-refractivity contribution is 9.10. The van der Waals surface area contributed by atoms with Crippen molar-refractivity contribution in [2.45, 2.75) is 20.1 Å². The summed E-state index contributed by atoms with van der Waals surface area (Å²) >= 11 is 16.8. The summed E-state index contributed by atoms with van der Waals surface area (Å²) < 4.78 is 12.5. The Bertz CT molecular complexity index is 1620. The SMILES string of the molecule is CCOc1cc(/C=C2/SC(=O)N(Cc3cccc4ccccc34)C2=O)c(Br)cc1OCc1ccc(Cl)cc1Cl. The van der Waals surface area contributed by atoms with Crippen molar-refractivity contribution < 1.29 is 19.1 Å². The Balaban J connectivity index is 1.38. The van der Waals surface area contributed by atoms with Crippen molar-refractivity contribution in [2.24, 2.45) is 0 Å². The van der Waals surface area contributed by atoms with E-state index in [0.29, 0.717) is 43.1 Å². The third-order valence-electron chi connectivity index (χ3n) is 6.13. The molecule has 9 heteroatoms. The maximum atomic E-state index is 13.3. The van der Waals surface area contributed by atoms with Crippen LogP contribution in [-0.2, 0) is 17.9 Å². The quantitative estimate of drug-likeness (QED) is 0.179. The lowest BCUT2D eigenvalue weighted by Gasteiger charge is -2.15. The van der Waals surface area contributed by atoms with Crippen LogP contribution >= 0.6 is 50.9 Å². The fourth-order valence-electron chi connectivity index (χ4n) is 4.22. The maximum absolute atomic E-state index is 13.3. The zero-order valence-electron chi connectivity index (χ0n) is 20.7. The number of nitrogens with zero attached hydrogens (tertiary/aromatic N) is 1. The Morgan fingerprint density at radius 3 is 2.49 bits per heavy atom. The molecule has 0 unspecified atom stereocenters. The van der Waals surface area contributed by atoms with E-state index >= 15 is 0 Å². The van der Waals surface area contributed by atoms with Crippen LogP contribution in [0.15, 0.2) is 82.2 Å². The maximum Gasteiger partial charge on any atom is 0.293 e. The molecule has 0 N–H and O–H groups in total. The second kappa shape index (κ2) is 12.0. The highest BCUT2D eigenvalue weighted by atomic mass is 79.9. The minimum Gasteiger partial charge on any atom is -0.490 e. The number of ether oxygens (including phenoxy) is 2. The number of hydrogen-bond donors (Lipinski definition) is 0. The molecule has 0 atom stereocenters. The third-order valence-corrected chi connectivity index (χ3v) is 8.31. The van der Waals surface area contributed by atoms with Crippen molar-refractivity contribution in [3.8, 4) is 11.5 Å². The summed E-state index contributed by atoms with van der Waals surface area (Å²) in [5.74, 6) is 0.684. The van der Waals surface area contributed by atoms with Crippen molar-refractivity contribution >= 4 is 78.9 Å². The fourth-order valence-corrected chi connectivity index (χ4v) is 5.94. The van der Waals surface area contributed by atoms with Gasteiger partial charge in [-0.15, -0.1) is 0 Å². The normalized spacial score (nSPS) is 14.5. The molecule has 5 rings (SSSR count). The number of imide groups is 1. The van der Waals surface area contributed by atoms with Crippen LogP contribution in [0.25, 0.3) is 16.8 Å². The second-order valence-electron chi connectivity index (χ2n) is 8.68. The number of carbonyl (C=O) groups excluding carboxylic acids is 2. The van der Waals surface area contributed by atoms with Crippen LogP contribution in [0.3, 0.4) is 0 Å². The fraction of sp³-hybridized carbons (Fsp3) is 0.133. The smallest absolute Gasteiger partial charge is 0.293 e. The molecule has 0 saturated carbocycles. The van der Waals surface area contributed by atoms with Gasteiger partial charge in [0.2, 0.25) is 0 Å². The zero-order chi connectivity index (χ0) is 27.5. The largest absolute Gasteiger partial charge is 0.490 e. The van der Waals surface area contributed by atoms with E-state index in [-0.39, 0.29) is 24.3 Å². The van der Waals surface area contributed by atoms with Gasteiger partial charge in [0.15, 0.2) is 11.5 Å². The van der Waals surface area contributed by atoms with Gasteiger partial charge < -0.3 is 9.47 Å². The van der Waals surface area contributed by atoms with E-state index in [1.807, 2.05) is 55.5 Å². The van der Waals surface area contributed by atoms with E-state index in [2.05, 4.69) is 15.9 Å². The summed E-state index contributed by atoms with van der Waals surface area (Å²) in [6, 6.07) is 22.6. The first-order valence-electron chi connectivity index (χ1n) is 12.1. The molecule has 4 aromatic carbocycles. The standard InChI is InChI=1S/C30H22BrCl2NO4S/c1-2-37-26-12-21(24(31)15-27(26)38-17-20-10-11-22(32)14-25(20)33)13-28-29(35)34(30(36)39-28)16-19-8-5-7-18-6-3-4-9-23(18)19/h3-15H,2,16-17H2,1H3/b28-13+. The van der Waals surface area contributed by atoms with Crippen LogP contribution in [0.1, 0.15) is 23.6 Å². The topological polar surface area (TPSA) is 55.8 Å². The molecule has 0 aliphatic carbocycles. The van der Waals surface area contributed by atoms with Gasteiger partial charge in [-0.3, -0.25) is 14.5 Å². The van der Waals surface area contributed by atoms with Gasteiger partial charge in [-0.1, -0.05) is 87.7 Å². The van der Waals surface area contributed by atoms with Crippen molar-refractivity contribution in [3.63, 3.8) is 0 Å². The molecule has 1 saturated heterocycles. The van der Waals surface area contributed by atoms with Crippen LogP contribution in [0.2, 0.25) is 10.0 Å². The Kier molecular flexibility index (Phi) is 8.52. The minimum atomic E-state index is -0.333. The van der Waals surface area contributed by atoms with Gasteiger partial charge in [0.25, 0.3) is 11.1 Å². The van der Waals surface area contributed by atoms with E-state index in [9.17, 15) is 9.59 Å². The molecular formula is C30H22BrCl2NO4S. The number of hydrogen-bond acceptors (Lipinski definition) is 5. The summed E-state index contributed by atoms with van der Waals surface area (Å²) in [6.45, 7) is 2.71. The summed E-state index contributed by atoms with van der Waals surface area (Å²) in [7, 11) is 0. The van der Waals surface area contributed by atoms with Crippen molar-refractivity contribution in [1.29, 1.82) is 0 Å². The van der Waals surface area contributed by atoms with Crippen molar-refractivity contribution in [1.82, 2.24) is 4.90 Å². The minimum absolute atomic E-state index is 0.203. The molecular weight excluding hydrogens is 621 g/mol. The van der Waals surface area contributed by atoms with Crippen LogP contribution in [0.4, 0.5) is 4.79 Å². The first kappa shape index (κ1) is 27.6. The summed E-state index contributed by atoms with van der Waals surface area (Å²) in [4.78, 5) is 27.8. The zero-order valence-corrected chi connectivity index (χ0v) is 24.7. The van der Waals surface area contributed by atoms with Crippen LogP contribution < -0.4 is 9.47 Å². The van der Waals surface area contributed by atoms with Crippen LogP contribution in [-0.4, -0.2) is 22.7 Å². The first-order chi connectivity index (χ1) is 18.8. The van der Waals surface area contributed by atoms with Crippen LogP contribution in [0, 0.1) is 0 Å². The molecule has 2 amide bonds. The highest BCUT2D eigenvalue weighted by Crippen LogP contribution is 2.39. The van der Waals surface area contributed by atoms with Crippen molar-refractivity contribution in [2.75, 3.05) is 6.61 Å². The highest BCUT2D eigenvalue weighted by Gasteiger charge is 2.35. The number of halogens is 3. The lowest BCUT2D eigenvalue weighted by molar-refractivity contribution is -0.123. The Labute approximate surface area is 248 Å². The lowest BCUT2D eigenvalue weighted by Crippen LogP contribution is -2.27. The molecule has 39 heavy (non-hydrogen) atoms. The van der Waals surface area contributed by atoms with Gasteiger partial charge in [-0.25, -0.2) is 0 Å². The van der Waals surface area contributed by atoms with Gasteiger partial charge in [0.1, 0.15) is 6.61 Å². The van der Waals surface area contributed by atoms with E-state index in [1.54, 1.807) is 30.3 Å². The number of amides is 2. The summed E-state index contributed by atoms with van der Waals surface area (Å²) in [5.41, 5.74) is 2.38. The average Bonchev–Trinajstić information content (AvgIpc) is 3.18. The monoisotopic (exact) mass is 641 g/mol. The molecule has 5 nitrogen and oxygen atoms in total. The summed E-state index contributed by atoms with van der Waals surface area (Å²) in [5, 5.41) is 2.83. The van der Waals surface area contributed by atoms with Gasteiger partial charge >= 0.3 is 0 Å².